The molecule has 0 saturated carbocycles. The Kier molecular flexibility index (Phi) is 8.70. The van der Waals surface area contributed by atoms with Crippen molar-refractivity contribution in [3.8, 4) is 5.75 Å². The van der Waals surface area contributed by atoms with E-state index in [1.807, 2.05) is 19.1 Å². The molecule has 0 bridgehead atoms. The maximum atomic E-state index is 12.7. The molecule has 1 heterocycles. The summed E-state index contributed by atoms with van der Waals surface area (Å²) in [4.78, 5) is 23.3. The van der Waals surface area contributed by atoms with E-state index in [-0.39, 0.29) is 18.9 Å². The second-order valence-corrected chi connectivity index (χ2v) is 8.15. The van der Waals surface area contributed by atoms with Gasteiger partial charge in [-0.2, -0.15) is 0 Å². The monoisotopic (exact) mass is 448 g/mol. The van der Waals surface area contributed by atoms with Gasteiger partial charge in [0.2, 0.25) is 5.91 Å². The zero-order valence-electron chi connectivity index (χ0n) is 19.3. The zero-order valence-corrected chi connectivity index (χ0v) is 19.3. The first kappa shape index (κ1) is 24.1. The van der Waals surface area contributed by atoms with Crippen molar-refractivity contribution in [1.29, 1.82) is 0 Å². The lowest BCUT2D eigenvalue weighted by atomic mass is 10.0. The fourth-order valence-corrected chi connectivity index (χ4v) is 3.72. The molecule has 2 aromatic carbocycles. The van der Waals surface area contributed by atoms with Gasteiger partial charge in [-0.3, -0.25) is 9.59 Å². The number of nitrogens with zero attached hydrogens (tertiary/aromatic N) is 1. The van der Waals surface area contributed by atoms with Gasteiger partial charge in [0.1, 0.15) is 5.75 Å². The lowest BCUT2D eigenvalue weighted by molar-refractivity contribution is -0.137. The SMILES string of the molecule is CCCCCn1ccc2cc(C(C)=CC(=O)Nc3ccccc3OCCCC(=O)O)ccc21. The Morgan fingerprint density at radius 1 is 1.09 bits per heavy atom. The minimum atomic E-state index is -0.855. The number of nitrogens with one attached hydrogen (secondary N) is 1. The fourth-order valence-electron chi connectivity index (χ4n) is 3.72. The highest BCUT2D eigenvalue weighted by molar-refractivity contribution is 6.04. The number of ether oxygens (including phenoxy) is 1. The van der Waals surface area contributed by atoms with Gasteiger partial charge in [0, 0.05) is 36.1 Å². The van der Waals surface area contributed by atoms with E-state index in [2.05, 4.69) is 47.3 Å². The predicted molar refractivity (Wildman–Crippen MR) is 133 cm³/mol. The lowest BCUT2D eigenvalue weighted by Gasteiger charge is -2.11. The number of aryl methyl sites for hydroxylation is 1. The Bertz CT molecular complexity index is 1130. The van der Waals surface area contributed by atoms with E-state index in [4.69, 9.17) is 9.84 Å². The number of aromatic nitrogens is 1. The van der Waals surface area contributed by atoms with E-state index in [1.54, 1.807) is 18.2 Å². The Morgan fingerprint density at radius 3 is 2.70 bits per heavy atom. The van der Waals surface area contributed by atoms with Crippen LogP contribution in [0.25, 0.3) is 16.5 Å². The molecular weight excluding hydrogens is 416 g/mol. The van der Waals surface area contributed by atoms with Crippen molar-refractivity contribution in [1.82, 2.24) is 4.57 Å². The van der Waals surface area contributed by atoms with Crippen LogP contribution < -0.4 is 10.1 Å². The zero-order chi connectivity index (χ0) is 23.6. The number of rotatable bonds is 12. The number of hydrogen-bond donors (Lipinski definition) is 2. The van der Waals surface area contributed by atoms with Crippen LogP contribution in [0.15, 0.2) is 60.8 Å². The van der Waals surface area contributed by atoms with Crippen molar-refractivity contribution >= 4 is 34.0 Å². The molecule has 33 heavy (non-hydrogen) atoms. The number of aliphatic carboxylic acids is 1. The molecule has 6 heteroatoms. The molecule has 6 nitrogen and oxygen atoms in total. The van der Waals surface area contributed by atoms with Gasteiger partial charge in [-0.05, 0) is 61.2 Å². The summed E-state index contributed by atoms with van der Waals surface area (Å²) in [5, 5.41) is 12.8. The molecule has 2 N–H and O–H groups in total. The van der Waals surface area contributed by atoms with Crippen LogP contribution in [-0.4, -0.2) is 28.2 Å². The van der Waals surface area contributed by atoms with Crippen LogP contribution in [-0.2, 0) is 16.1 Å². The normalized spacial score (nSPS) is 11.5. The second-order valence-electron chi connectivity index (χ2n) is 8.15. The van der Waals surface area contributed by atoms with Crippen molar-refractivity contribution in [2.24, 2.45) is 0 Å². The summed E-state index contributed by atoms with van der Waals surface area (Å²) in [6.07, 6.45) is 7.76. The van der Waals surface area contributed by atoms with E-state index in [0.29, 0.717) is 17.9 Å². The quantitative estimate of drug-likeness (QED) is 0.258. The van der Waals surface area contributed by atoms with Gasteiger partial charge in [-0.25, -0.2) is 0 Å². The number of allylic oxidation sites excluding steroid dienone is 1. The van der Waals surface area contributed by atoms with E-state index in [1.165, 1.54) is 24.8 Å². The number of anilines is 1. The second kappa shape index (κ2) is 11.9. The number of fused-ring (bicyclic) bond motifs is 1. The highest BCUT2D eigenvalue weighted by Crippen LogP contribution is 2.25. The average Bonchev–Trinajstić information content (AvgIpc) is 3.20. The largest absolute Gasteiger partial charge is 0.491 e. The number of carbonyl (C=O) groups excluding carboxylic acids is 1. The van der Waals surface area contributed by atoms with Gasteiger partial charge in [0.15, 0.2) is 0 Å². The number of hydrogen-bond acceptors (Lipinski definition) is 3. The van der Waals surface area contributed by atoms with Crippen molar-refractivity contribution in [3.05, 3.63) is 66.4 Å². The van der Waals surface area contributed by atoms with Crippen LogP contribution in [0.5, 0.6) is 5.75 Å². The van der Waals surface area contributed by atoms with Crippen molar-refractivity contribution in [3.63, 3.8) is 0 Å². The molecule has 0 aliphatic rings. The highest BCUT2D eigenvalue weighted by Gasteiger charge is 2.09. The molecule has 1 aromatic heterocycles. The summed E-state index contributed by atoms with van der Waals surface area (Å²) in [7, 11) is 0. The number of para-hydroxylation sites is 2. The number of benzene rings is 2. The Hall–Kier alpha value is -3.54. The van der Waals surface area contributed by atoms with E-state index >= 15 is 0 Å². The predicted octanol–water partition coefficient (Wildman–Crippen LogP) is 6.12. The number of unbranched alkanes of at least 4 members (excludes halogenated alkanes) is 2. The van der Waals surface area contributed by atoms with Gasteiger partial charge >= 0.3 is 5.97 Å². The Labute approximate surface area is 194 Å². The maximum absolute atomic E-state index is 12.7. The molecule has 0 atom stereocenters. The van der Waals surface area contributed by atoms with Gasteiger partial charge in [-0.15, -0.1) is 0 Å². The molecule has 0 radical (unpaired) electrons. The number of carboxylic acid groups (broad SMARTS) is 1. The molecule has 0 spiro atoms. The third-order valence-electron chi connectivity index (χ3n) is 5.51. The molecule has 3 aromatic rings. The smallest absolute Gasteiger partial charge is 0.303 e. The Balaban J connectivity index is 1.66. The summed E-state index contributed by atoms with van der Waals surface area (Å²) in [6, 6.07) is 15.6. The first-order chi connectivity index (χ1) is 16.0. The fraction of sp³-hybridized carbons (Fsp3) is 0.333. The molecule has 0 saturated heterocycles. The van der Waals surface area contributed by atoms with Crippen LogP contribution in [0.4, 0.5) is 5.69 Å². The van der Waals surface area contributed by atoms with Gasteiger partial charge in [0.25, 0.3) is 0 Å². The lowest BCUT2D eigenvalue weighted by Crippen LogP contribution is -2.11. The standard InChI is InChI=1S/C27H32N2O4/c1-3-4-7-15-29-16-14-22-19-21(12-13-24(22)29)20(2)18-26(30)28-23-9-5-6-10-25(23)33-17-8-11-27(31)32/h5-6,9-10,12-14,16,18-19H,3-4,7-8,11,15,17H2,1-2H3,(H,28,30)(H,31,32). The Morgan fingerprint density at radius 2 is 1.91 bits per heavy atom. The molecule has 0 aliphatic heterocycles. The summed E-state index contributed by atoms with van der Waals surface area (Å²) in [5.41, 5.74) is 3.64. The average molecular weight is 449 g/mol. The van der Waals surface area contributed by atoms with E-state index in [0.717, 1.165) is 23.1 Å². The summed E-state index contributed by atoms with van der Waals surface area (Å²) in [5.74, 6) is -0.577. The van der Waals surface area contributed by atoms with E-state index in [9.17, 15) is 9.59 Å². The first-order valence-electron chi connectivity index (χ1n) is 11.5. The molecule has 0 fully saturated rings. The number of carboxylic acids is 1. The van der Waals surface area contributed by atoms with Crippen molar-refractivity contribution in [2.45, 2.75) is 52.5 Å². The van der Waals surface area contributed by atoms with Gasteiger partial charge in [0.05, 0.1) is 12.3 Å². The highest BCUT2D eigenvalue weighted by atomic mass is 16.5. The minimum absolute atomic E-state index is 0.0446. The third kappa shape index (κ3) is 6.97. The number of carbonyl (C=O) groups is 2. The summed E-state index contributed by atoms with van der Waals surface area (Å²) in [6.45, 7) is 5.42. The van der Waals surface area contributed by atoms with Crippen molar-refractivity contribution < 1.29 is 19.4 Å². The van der Waals surface area contributed by atoms with Crippen LogP contribution in [0.3, 0.4) is 0 Å². The number of amides is 1. The molecule has 0 aliphatic carbocycles. The third-order valence-corrected chi connectivity index (χ3v) is 5.51. The van der Waals surface area contributed by atoms with Crippen LogP contribution in [0, 0.1) is 0 Å². The van der Waals surface area contributed by atoms with Gasteiger partial charge < -0.3 is 19.7 Å². The first-order valence-corrected chi connectivity index (χ1v) is 11.5. The summed E-state index contributed by atoms with van der Waals surface area (Å²) < 4.78 is 7.95. The minimum Gasteiger partial charge on any atom is -0.491 e. The molecule has 174 valence electrons. The topological polar surface area (TPSA) is 80.6 Å². The molecular formula is C27H32N2O4. The van der Waals surface area contributed by atoms with E-state index < -0.39 is 5.97 Å². The van der Waals surface area contributed by atoms with Crippen LogP contribution in [0.2, 0.25) is 0 Å². The van der Waals surface area contributed by atoms with Gasteiger partial charge in [-0.1, -0.05) is 38.0 Å². The van der Waals surface area contributed by atoms with Crippen molar-refractivity contribution in [2.75, 3.05) is 11.9 Å². The molecule has 0 unspecified atom stereocenters. The van der Waals surface area contributed by atoms with Crippen LogP contribution >= 0.6 is 0 Å². The molecule has 3 rings (SSSR count). The maximum Gasteiger partial charge on any atom is 0.303 e. The van der Waals surface area contributed by atoms with Crippen LogP contribution in [0.1, 0.15) is 51.5 Å². The summed E-state index contributed by atoms with van der Waals surface area (Å²) >= 11 is 0. The molecule has 1 amide bonds.